The summed E-state index contributed by atoms with van der Waals surface area (Å²) in [6.07, 6.45) is 1.90. The fraction of sp³-hybridized carbons (Fsp3) is 0.385. The molecule has 0 saturated heterocycles. The zero-order chi connectivity index (χ0) is 12.3. The summed E-state index contributed by atoms with van der Waals surface area (Å²) in [6, 6.07) is 10.4. The predicted molar refractivity (Wildman–Crippen MR) is 69.0 cm³/mol. The molecule has 2 aromatic rings. The van der Waals surface area contributed by atoms with Crippen LogP contribution in [0.3, 0.4) is 0 Å². The summed E-state index contributed by atoms with van der Waals surface area (Å²) in [7, 11) is 0. The van der Waals surface area contributed by atoms with Gasteiger partial charge in [-0.3, -0.25) is 4.68 Å². The van der Waals surface area contributed by atoms with Crippen LogP contribution >= 0.6 is 11.6 Å². The third-order valence-electron chi connectivity index (χ3n) is 2.84. The minimum atomic E-state index is 0.0263. The van der Waals surface area contributed by atoms with E-state index in [0.717, 1.165) is 12.2 Å². The van der Waals surface area contributed by atoms with Gasteiger partial charge in [0.1, 0.15) is 0 Å². The topological polar surface area (TPSA) is 30.7 Å². The Morgan fingerprint density at radius 1 is 1.24 bits per heavy atom. The molecule has 0 unspecified atom stereocenters. The number of benzene rings is 1. The first-order valence-electron chi connectivity index (χ1n) is 5.62. The van der Waals surface area contributed by atoms with Crippen LogP contribution < -0.4 is 0 Å². The molecule has 0 amide bonds. The van der Waals surface area contributed by atoms with Gasteiger partial charge in [0.25, 0.3) is 0 Å². The van der Waals surface area contributed by atoms with Gasteiger partial charge in [-0.05, 0) is 5.56 Å². The van der Waals surface area contributed by atoms with E-state index in [-0.39, 0.29) is 5.41 Å². The monoisotopic (exact) mass is 249 g/mol. The summed E-state index contributed by atoms with van der Waals surface area (Å²) in [5, 5.41) is 8.07. The Hall–Kier alpha value is -1.35. The zero-order valence-corrected chi connectivity index (χ0v) is 10.9. The summed E-state index contributed by atoms with van der Waals surface area (Å²) >= 11 is 5.71. The van der Waals surface area contributed by atoms with Gasteiger partial charge in [0.15, 0.2) is 0 Å². The van der Waals surface area contributed by atoms with Crippen molar-refractivity contribution in [2.24, 2.45) is 0 Å². The van der Waals surface area contributed by atoms with Crippen LogP contribution in [0.2, 0.25) is 0 Å². The molecule has 0 fully saturated rings. The molecule has 0 aliphatic heterocycles. The second-order valence-corrected chi connectivity index (χ2v) is 5.06. The molecule has 0 N–H and O–H groups in total. The maximum Gasteiger partial charge on any atom is 0.0974 e. The number of alkyl halides is 1. The first-order valence-corrected chi connectivity index (χ1v) is 6.16. The van der Waals surface area contributed by atoms with Gasteiger partial charge >= 0.3 is 0 Å². The van der Waals surface area contributed by atoms with Crippen molar-refractivity contribution in [1.82, 2.24) is 15.0 Å². The van der Waals surface area contributed by atoms with Crippen molar-refractivity contribution in [2.75, 3.05) is 0 Å². The standard InChI is InChI=1S/C13H16ClN3/c1-13(2,11-6-4-3-5-7-11)10-17-9-12(8-14)15-16-17/h3-7,9H,8,10H2,1-2H3. The van der Waals surface area contributed by atoms with Crippen LogP contribution in [0.15, 0.2) is 36.5 Å². The minimum Gasteiger partial charge on any atom is -0.251 e. The molecule has 90 valence electrons. The number of halogens is 1. The molecule has 1 aromatic carbocycles. The molecule has 0 saturated carbocycles. The van der Waals surface area contributed by atoms with Gasteiger partial charge in [0.05, 0.1) is 18.1 Å². The SMILES string of the molecule is CC(C)(Cn1cc(CCl)nn1)c1ccccc1. The highest BCUT2D eigenvalue weighted by Gasteiger charge is 2.21. The average Bonchev–Trinajstić information content (AvgIpc) is 2.77. The molecule has 0 aliphatic carbocycles. The maximum absolute atomic E-state index is 5.71. The van der Waals surface area contributed by atoms with E-state index < -0.39 is 0 Å². The van der Waals surface area contributed by atoms with Crippen LogP contribution in [-0.4, -0.2) is 15.0 Å². The van der Waals surface area contributed by atoms with Gasteiger partial charge in [-0.1, -0.05) is 49.4 Å². The van der Waals surface area contributed by atoms with E-state index in [9.17, 15) is 0 Å². The Bertz CT molecular complexity index is 476. The van der Waals surface area contributed by atoms with Gasteiger partial charge in [0.2, 0.25) is 0 Å². The van der Waals surface area contributed by atoms with Crippen molar-refractivity contribution in [3.8, 4) is 0 Å². The average molecular weight is 250 g/mol. The van der Waals surface area contributed by atoms with Crippen molar-refractivity contribution >= 4 is 11.6 Å². The Kier molecular flexibility index (Phi) is 3.48. The largest absolute Gasteiger partial charge is 0.251 e. The van der Waals surface area contributed by atoms with Crippen LogP contribution in [0.25, 0.3) is 0 Å². The van der Waals surface area contributed by atoms with E-state index in [0.29, 0.717) is 5.88 Å². The smallest absolute Gasteiger partial charge is 0.0974 e. The Balaban J connectivity index is 2.17. The van der Waals surface area contributed by atoms with E-state index in [1.165, 1.54) is 5.56 Å². The van der Waals surface area contributed by atoms with Crippen LogP contribution in [0, 0.1) is 0 Å². The maximum atomic E-state index is 5.71. The van der Waals surface area contributed by atoms with Gasteiger partial charge < -0.3 is 0 Å². The third kappa shape index (κ3) is 2.86. The first kappa shape index (κ1) is 12.1. The summed E-state index contributed by atoms with van der Waals surface area (Å²) in [5.74, 6) is 0.408. The normalized spacial score (nSPS) is 11.7. The molecular formula is C13H16ClN3. The van der Waals surface area contributed by atoms with Crippen LogP contribution in [0.5, 0.6) is 0 Å². The fourth-order valence-corrected chi connectivity index (χ4v) is 1.99. The zero-order valence-electron chi connectivity index (χ0n) is 10.1. The van der Waals surface area contributed by atoms with Crippen LogP contribution in [0.4, 0.5) is 0 Å². The van der Waals surface area contributed by atoms with Crippen LogP contribution in [0.1, 0.15) is 25.1 Å². The lowest BCUT2D eigenvalue weighted by atomic mass is 9.85. The Morgan fingerprint density at radius 3 is 2.53 bits per heavy atom. The highest BCUT2D eigenvalue weighted by atomic mass is 35.5. The first-order chi connectivity index (χ1) is 8.12. The van der Waals surface area contributed by atoms with E-state index >= 15 is 0 Å². The molecule has 17 heavy (non-hydrogen) atoms. The molecule has 0 bridgehead atoms. The molecule has 4 heteroatoms. The van der Waals surface area contributed by atoms with Crippen molar-refractivity contribution < 1.29 is 0 Å². The highest BCUT2D eigenvalue weighted by Crippen LogP contribution is 2.24. The number of nitrogens with zero attached hydrogens (tertiary/aromatic N) is 3. The minimum absolute atomic E-state index is 0.0263. The predicted octanol–water partition coefficient (Wildman–Crippen LogP) is 2.99. The lowest BCUT2D eigenvalue weighted by Crippen LogP contribution is -2.24. The highest BCUT2D eigenvalue weighted by molar-refractivity contribution is 6.16. The van der Waals surface area contributed by atoms with E-state index in [4.69, 9.17) is 11.6 Å². The Morgan fingerprint density at radius 2 is 1.94 bits per heavy atom. The van der Waals surface area contributed by atoms with Crippen molar-refractivity contribution in [1.29, 1.82) is 0 Å². The van der Waals surface area contributed by atoms with E-state index in [2.05, 4.69) is 48.4 Å². The number of hydrogen-bond donors (Lipinski definition) is 0. The van der Waals surface area contributed by atoms with Gasteiger partial charge in [-0.15, -0.1) is 16.7 Å². The molecule has 0 spiro atoms. The molecule has 1 aromatic heterocycles. The molecule has 0 aliphatic rings. The summed E-state index contributed by atoms with van der Waals surface area (Å²) in [6.45, 7) is 5.19. The number of aromatic nitrogens is 3. The second kappa shape index (κ2) is 4.88. The van der Waals surface area contributed by atoms with Crippen molar-refractivity contribution in [2.45, 2.75) is 31.7 Å². The van der Waals surface area contributed by atoms with Crippen molar-refractivity contribution in [3.05, 3.63) is 47.8 Å². The summed E-state index contributed by atoms with van der Waals surface area (Å²) in [5.41, 5.74) is 2.14. The fourth-order valence-electron chi connectivity index (χ4n) is 1.86. The van der Waals surface area contributed by atoms with Gasteiger partial charge in [-0.2, -0.15) is 0 Å². The molecule has 1 heterocycles. The van der Waals surface area contributed by atoms with Gasteiger partial charge in [-0.25, -0.2) is 0 Å². The molecular weight excluding hydrogens is 234 g/mol. The lowest BCUT2D eigenvalue weighted by molar-refractivity contribution is 0.401. The third-order valence-corrected chi connectivity index (χ3v) is 3.11. The van der Waals surface area contributed by atoms with E-state index in [1.54, 1.807) is 0 Å². The lowest BCUT2D eigenvalue weighted by Gasteiger charge is -2.24. The van der Waals surface area contributed by atoms with E-state index in [1.807, 2.05) is 16.9 Å². The van der Waals surface area contributed by atoms with Crippen molar-refractivity contribution in [3.63, 3.8) is 0 Å². The van der Waals surface area contributed by atoms with Gasteiger partial charge in [0, 0.05) is 11.6 Å². The van der Waals surface area contributed by atoms with Crippen LogP contribution in [-0.2, 0) is 17.8 Å². The Labute approximate surface area is 106 Å². The quantitative estimate of drug-likeness (QED) is 0.780. The molecule has 2 rings (SSSR count). The summed E-state index contributed by atoms with van der Waals surface area (Å²) < 4.78 is 1.85. The molecule has 0 radical (unpaired) electrons. The summed E-state index contributed by atoms with van der Waals surface area (Å²) in [4.78, 5) is 0. The number of hydrogen-bond acceptors (Lipinski definition) is 2. The second-order valence-electron chi connectivity index (χ2n) is 4.79. The molecule has 3 nitrogen and oxygen atoms in total. The molecule has 0 atom stereocenters. The number of rotatable bonds is 4.